The molecule has 1 aliphatic carbocycles. The van der Waals surface area contributed by atoms with Crippen molar-refractivity contribution in [3.63, 3.8) is 0 Å². The van der Waals surface area contributed by atoms with E-state index in [2.05, 4.69) is 0 Å². The van der Waals surface area contributed by atoms with E-state index in [0.29, 0.717) is 19.3 Å². The highest BCUT2D eigenvalue weighted by Crippen LogP contribution is 2.42. The van der Waals surface area contributed by atoms with Gasteiger partial charge in [0.25, 0.3) is 0 Å². The van der Waals surface area contributed by atoms with E-state index >= 15 is 0 Å². The van der Waals surface area contributed by atoms with Crippen molar-refractivity contribution in [3.8, 4) is 0 Å². The first-order valence-electron chi connectivity index (χ1n) is 5.57. The Morgan fingerprint density at radius 3 is 2.82 bits per heavy atom. The van der Waals surface area contributed by atoms with E-state index in [-0.39, 0.29) is 12.2 Å². The van der Waals surface area contributed by atoms with E-state index in [1.807, 2.05) is 0 Å². The number of rotatable bonds is 2. The minimum atomic E-state index is -1.02. The monoisotopic (exact) mass is 238 g/mol. The molecule has 1 aliphatic heterocycles. The van der Waals surface area contributed by atoms with Crippen LogP contribution in [0.2, 0.25) is 0 Å². The lowest BCUT2D eigenvalue weighted by Gasteiger charge is -2.36. The van der Waals surface area contributed by atoms with Gasteiger partial charge >= 0.3 is 11.9 Å². The van der Waals surface area contributed by atoms with Crippen LogP contribution in [0.5, 0.6) is 0 Å². The Hall–Kier alpha value is -1.65. The zero-order valence-electron chi connectivity index (χ0n) is 9.60. The van der Waals surface area contributed by atoms with Crippen LogP contribution in [0, 0.1) is 5.41 Å². The van der Waals surface area contributed by atoms with E-state index in [4.69, 9.17) is 9.47 Å². The zero-order chi connectivity index (χ0) is 12.5. The van der Waals surface area contributed by atoms with Crippen molar-refractivity contribution in [2.24, 2.45) is 5.41 Å². The number of cyclic esters (lactones) is 1. The van der Waals surface area contributed by atoms with Gasteiger partial charge in [0.1, 0.15) is 17.3 Å². The fourth-order valence-electron chi connectivity index (χ4n) is 2.53. The second-order valence-electron chi connectivity index (χ2n) is 4.43. The van der Waals surface area contributed by atoms with Crippen LogP contribution in [0.4, 0.5) is 0 Å². The van der Waals surface area contributed by atoms with E-state index in [1.165, 1.54) is 19.3 Å². The van der Waals surface area contributed by atoms with Crippen LogP contribution in [-0.2, 0) is 23.9 Å². The van der Waals surface area contributed by atoms with Gasteiger partial charge in [-0.3, -0.25) is 9.59 Å². The number of hydrogen-bond acceptors (Lipinski definition) is 5. The molecule has 0 unspecified atom stereocenters. The molecule has 92 valence electrons. The lowest BCUT2D eigenvalue weighted by Crippen LogP contribution is -2.46. The summed E-state index contributed by atoms with van der Waals surface area (Å²) in [5, 5.41) is 0. The number of esters is 2. The minimum absolute atomic E-state index is 0.0120. The summed E-state index contributed by atoms with van der Waals surface area (Å²) >= 11 is 0. The standard InChI is InChI=1S/C12H14O5/c1-16-11(15)12(6-2-3-8(13)7-12)9-4-5-10(14)17-9/h4-5,9H,2-3,6-7H2,1H3/t9-,12-/m0/s1. The zero-order valence-corrected chi connectivity index (χ0v) is 9.60. The molecule has 5 heteroatoms. The summed E-state index contributed by atoms with van der Waals surface area (Å²) < 4.78 is 9.85. The number of ketones is 1. The number of Topliss-reactive ketones (excluding diaryl/α,β-unsaturated/α-hetero) is 1. The van der Waals surface area contributed by atoms with Gasteiger partial charge in [-0.05, 0) is 18.9 Å². The predicted molar refractivity (Wildman–Crippen MR) is 56.9 cm³/mol. The fourth-order valence-corrected chi connectivity index (χ4v) is 2.53. The van der Waals surface area contributed by atoms with Crippen LogP contribution in [0.1, 0.15) is 25.7 Å². The number of ether oxygens (including phenoxy) is 2. The van der Waals surface area contributed by atoms with E-state index < -0.39 is 23.5 Å². The summed E-state index contributed by atoms with van der Waals surface area (Å²) in [6.45, 7) is 0. The quantitative estimate of drug-likeness (QED) is 0.664. The third-order valence-electron chi connectivity index (χ3n) is 3.38. The Bertz CT molecular complexity index is 398. The van der Waals surface area contributed by atoms with Crippen molar-refractivity contribution in [2.45, 2.75) is 31.8 Å². The second-order valence-corrected chi connectivity index (χ2v) is 4.43. The Morgan fingerprint density at radius 1 is 1.53 bits per heavy atom. The smallest absolute Gasteiger partial charge is 0.331 e. The molecule has 0 radical (unpaired) electrons. The first-order valence-corrected chi connectivity index (χ1v) is 5.57. The first kappa shape index (κ1) is 11.8. The second kappa shape index (κ2) is 4.31. The van der Waals surface area contributed by atoms with Crippen molar-refractivity contribution >= 4 is 17.7 Å². The van der Waals surface area contributed by atoms with Crippen LogP contribution < -0.4 is 0 Å². The van der Waals surface area contributed by atoms with Crippen molar-refractivity contribution < 1.29 is 23.9 Å². The maximum atomic E-state index is 11.9. The molecular weight excluding hydrogens is 224 g/mol. The highest BCUT2D eigenvalue weighted by molar-refractivity contribution is 5.91. The van der Waals surface area contributed by atoms with Crippen molar-refractivity contribution in [1.29, 1.82) is 0 Å². The van der Waals surface area contributed by atoms with Gasteiger partial charge in [0.15, 0.2) is 0 Å². The third-order valence-corrected chi connectivity index (χ3v) is 3.38. The largest absolute Gasteiger partial charge is 0.468 e. The minimum Gasteiger partial charge on any atom is -0.468 e. The van der Waals surface area contributed by atoms with Crippen molar-refractivity contribution in [1.82, 2.24) is 0 Å². The summed E-state index contributed by atoms with van der Waals surface area (Å²) in [5.41, 5.74) is -1.02. The van der Waals surface area contributed by atoms with Crippen LogP contribution in [0.3, 0.4) is 0 Å². The van der Waals surface area contributed by atoms with E-state index in [1.54, 1.807) is 0 Å². The molecule has 0 saturated heterocycles. The first-order chi connectivity index (χ1) is 8.08. The maximum absolute atomic E-state index is 11.9. The Balaban J connectivity index is 2.30. The molecule has 0 bridgehead atoms. The van der Waals surface area contributed by atoms with Gasteiger partial charge in [-0.15, -0.1) is 0 Å². The summed E-state index contributed by atoms with van der Waals surface area (Å²) in [5.74, 6) is -0.941. The summed E-state index contributed by atoms with van der Waals surface area (Å²) in [4.78, 5) is 34.6. The number of methoxy groups -OCH3 is 1. The molecule has 2 rings (SSSR count). The van der Waals surface area contributed by atoms with Crippen LogP contribution in [0.25, 0.3) is 0 Å². The predicted octanol–water partition coefficient (Wildman–Crippen LogP) is 0.770. The molecule has 2 aliphatic rings. The average Bonchev–Trinajstić information content (AvgIpc) is 2.75. The van der Waals surface area contributed by atoms with E-state index in [9.17, 15) is 14.4 Å². The lowest BCUT2D eigenvalue weighted by atomic mass is 9.69. The van der Waals surface area contributed by atoms with Crippen LogP contribution in [0.15, 0.2) is 12.2 Å². The molecule has 2 atom stereocenters. The average molecular weight is 238 g/mol. The SMILES string of the molecule is COC(=O)[C@@]1([C@@H]2C=CC(=O)O2)CCCC(=O)C1. The molecule has 5 nitrogen and oxygen atoms in total. The topological polar surface area (TPSA) is 69.7 Å². The van der Waals surface area contributed by atoms with Crippen molar-refractivity contribution in [2.75, 3.05) is 7.11 Å². The van der Waals surface area contributed by atoms with Crippen molar-refractivity contribution in [3.05, 3.63) is 12.2 Å². The summed E-state index contributed by atoms with van der Waals surface area (Å²) in [7, 11) is 1.28. The maximum Gasteiger partial charge on any atom is 0.331 e. The van der Waals surface area contributed by atoms with Gasteiger partial charge in [-0.25, -0.2) is 4.79 Å². The molecule has 0 aromatic heterocycles. The highest BCUT2D eigenvalue weighted by atomic mass is 16.6. The molecule has 0 amide bonds. The number of carbonyl (C=O) groups excluding carboxylic acids is 3. The Kier molecular flexibility index (Phi) is 3.00. The van der Waals surface area contributed by atoms with Gasteiger partial charge in [0, 0.05) is 18.9 Å². The molecule has 1 heterocycles. The third kappa shape index (κ3) is 1.97. The van der Waals surface area contributed by atoms with Gasteiger partial charge in [0.05, 0.1) is 7.11 Å². The van der Waals surface area contributed by atoms with Gasteiger partial charge < -0.3 is 9.47 Å². The van der Waals surface area contributed by atoms with Gasteiger partial charge in [-0.2, -0.15) is 0 Å². The molecule has 1 saturated carbocycles. The summed E-state index contributed by atoms with van der Waals surface area (Å²) in [6, 6.07) is 0. The van der Waals surface area contributed by atoms with Crippen LogP contribution in [-0.4, -0.2) is 30.9 Å². The normalized spacial score (nSPS) is 32.4. The fraction of sp³-hybridized carbons (Fsp3) is 0.583. The Morgan fingerprint density at radius 2 is 2.29 bits per heavy atom. The molecule has 17 heavy (non-hydrogen) atoms. The number of hydrogen-bond donors (Lipinski definition) is 0. The van der Waals surface area contributed by atoms with E-state index in [0.717, 1.165) is 0 Å². The molecule has 0 N–H and O–H groups in total. The molecule has 0 aromatic rings. The molecule has 0 spiro atoms. The molecule has 0 aromatic carbocycles. The summed E-state index contributed by atoms with van der Waals surface area (Å²) in [6.07, 6.45) is 3.84. The molecule has 1 fully saturated rings. The lowest BCUT2D eigenvalue weighted by molar-refractivity contribution is -0.169. The Labute approximate surface area is 98.8 Å². The number of carbonyl (C=O) groups is 3. The van der Waals surface area contributed by atoms with Gasteiger partial charge in [-0.1, -0.05) is 0 Å². The van der Waals surface area contributed by atoms with Crippen LogP contribution >= 0.6 is 0 Å². The van der Waals surface area contributed by atoms with Gasteiger partial charge in [0.2, 0.25) is 0 Å². The molecular formula is C12H14O5. The highest BCUT2D eigenvalue weighted by Gasteiger charge is 2.51.